The lowest BCUT2D eigenvalue weighted by Crippen LogP contribution is -2.47. The molecule has 2 amide bonds. The van der Waals surface area contributed by atoms with Crippen LogP contribution in [0.1, 0.15) is 44.7 Å². The van der Waals surface area contributed by atoms with Crippen LogP contribution in [-0.4, -0.2) is 69.6 Å². The molecule has 4 rings (SSSR count). The van der Waals surface area contributed by atoms with Crippen LogP contribution in [0.4, 0.5) is 4.79 Å². The maximum Gasteiger partial charge on any atom is 0.410 e. The molecule has 1 aliphatic heterocycles. The molecule has 1 atom stereocenters. The molecule has 9 heteroatoms. The molecule has 1 N–H and O–H groups in total. The quantitative estimate of drug-likeness (QED) is 0.451. The van der Waals surface area contributed by atoms with Crippen LogP contribution in [0.3, 0.4) is 0 Å². The second-order valence-corrected chi connectivity index (χ2v) is 11.2. The fraction of sp³-hybridized carbons (Fsp3) is 0.484. The molecule has 1 saturated carbocycles. The number of hydrogen-bond donors (Lipinski definition) is 1. The van der Waals surface area contributed by atoms with E-state index in [1.54, 1.807) is 26.2 Å². The standard InChI is InChI=1S/C31H40N2O7/c1-31(2,3)40-30(35)33-16-22(19-36-4)28(27(17-33)29(34)32-23-10-11-23)21-8-7-9-24(14-21)39-18-20-12-25(37-5)15-26(13-20)38-6/h7-9,12-15,22-23H,10-11,16-19H2,1-6H3,(H,32,34). The van der Waals surface area contributed by atoms with Crippen molar-refractivity contribution in [2.45, 2.75) is 51.9 Å². The zero-order valence-corrected chi connectivity index (χ0v) is 24.2. The van der Waals surface area contributed by atoms with Crippen LogP contribution in [0.5, 0.6) is 17.2 Å². The first-order chi connectivity index (χ1) is 19.1. The highest BCUT2D eigenvalue weighted by atomic mass is 16.6. The summed E-state index contributed by atoms with van der Waals surface area (Å²) in [6.45, 7) is 6.65. The van der Waals surface area contributed by atoms with Crippen LogP contribution in [0.15, 0.2) is 48.0 Å². The average Bonchev–Trinajstić information content (AvgIpc) is 3.74. The summed E-state index contributed by atoms with van der Waals surface area (Å²) in [7, 11) is 4.84. The summed E-state index contributed by atoms with van der Waals surface area (Å²) >= 11 is 0. The smallest absolute Gasteiger partial charge is 0.410 e. The number of carbonyl (C=O) groups excluding carboxylic acids is 2. The van der Waals surface area contributed by atoms with Gasteiger partial charge in [-0.25, -0.2) is 4.79 Å². The Morgan fingerprint density at radius 1 is 0.975 bits per heavy atom. The van der Waals surface area contributed by atoms with E-state index in [9.17, 15) is 9.59 Å². The van der Waals surface area contributed by atoms with E-state index in [1.807, 2.05) is 63.2 Å². The van der Waals surface area contributed by atoms with Gasteiger partial charge in [-0.15, -0.1) is 0 Å². The van der Waals surface area contributed by atoms with Crippen LogP contribution >= 0.6 is 0 Å². The number of nitrogens with zero attached hydrogens (tertiary/aromatic N) is 1. The molecule has 2 aromatic rings. The summed E-state index contributed by atoms with van der Waals surface area (Å²) in [6.07, 6.45) is 1.48. The van der Waals surface area contributed by atoms with Gasteiger partial charge < -0.3 is 33.9 Å². The van der Waals surface area contributed by atoms with Crippen molar-refractivity contribution in [1.29, 1.82) is 0 Å². The van der Waals surface area contributed by atoms with Crippen molar-refractivity contribution in [3.8, 4) is 17.2 Å². The third-order valence-corrected chi connectivity index (χ3v) is 6.69. The molecule has 1 fully saturated rings. The van der Waals surface area contributed by atoms with E-state index in [1.165, 1.54) is 0 Å². The maximum atomic E-state index is 13.5. The van der Waals surface area contributed by atoms with E-state index in [0.717, 1.165) is 29.5 Å². The summed E-state index contributed by atoms with van der Waals surface area (Å²) in [4.78, 5) is 28.1. The molecule has 0 radical (unpaired) electrons. The highest BCUT2D eigenvalue weighted by Gasteiger charge is 2.37. The third kappa shape index (κ3) is 7.69. The molecule has 0 spiro atoms. The first-order valence-electron chi connectivity index (χ1n) is 13.6. The summed E-state index contributed by atoms with van der Waals surface area (Å²) in [5, 5.41) is 3.11. The Bertz CT molecular complexity index is 1220. The van der Waals surface area contributed by atoms with Gasteiger partial charge in [-0.05, 0) is 74.6 Å². The van der Waals surface area contributed by atoms with Gasteiger partial charge in [0, 0.05) is 37.3 Å². The van der Waals surface area contributed by atoms with Gasteiger partial charge in [-0.3, -0.25) is 4.79 Å². The number of hydrogen-bond acceptors (Lipinski definition) is 7. The largest absolute Gasteiger partial charge is 0.497 e. The minimum Gasteiger partial charge on any atom is -0.497 e. The Labute approximate surface area is 236 Å². The molecule has 1 unspecified atom stereocenters. The van der Waals surface area contributed by atoms with Gasteiger partial charge in [0.1, 0.15) is 29.5 Å². The van der Waals surface area contributed by atoms with Crippen molar-refractivity contribution >= 4 is 17.6 Å². The topological polar surface area (TPSA) is 95.6 Å². The number of ether oxygens (including phenoxy) is 5. The number of amides is 2. The van der Waals surface area contributed by atoms with E-state index in [0.29, 0.717) is 42.6 Å². The molecule has 40 heavy (non-hydrogen) atoms. The molecule has 216 valence electrons. The van der Waals surface area contributed by atoms with Crippen LogP contribution in [0.25, 0.3) is 5.57 Å². The fourth-order valence-corrected chi connectivity index (χ4v) is 4.72. The second kappa shape index (κ2) is 12.6. The highest BCUT2D eigenvalue weighted by Crippen LogP contribution is 2.36. The molecule has 1 aliphatic carbocycles. The van der Waals surface area contributed by atoms with Gasteiger partial charge in [-0.1, -0.05) is 12.1 Å². The Morgan fingerprint density at radius 2 is 1.68 bits per heavy atom. The van der Waals surface area contributed by atoms with E-state index >= 15 is 0 Å². The van der Waals surface area contributed by atoms with E-state index in [4.69, 9.17) is 23.7 Å². The third-order valence-electron chi connectivity index (χ3n) is 6.69. The van der Waals surface area contributed by atoms with Crippen LogP contribution in [0.2, 0.25) is 0 Å². The van der Waals surface area contributed by atoms with Gasteiger partial charge in [-0.2, -0.15) is 0 Å². The van der Waals surface area contributed by atoms with Crippen LogP contribution in [0, 0.1) is 5.92 Å². The van der Waals surface area contributed by atoms with Gasteiger partial charge in [0.15, 0.2) is 0 Å². The van der Waals surface area contributed by atoms with Gasteiger partial charge in [0.2, 0.25) is 5.91 Å². The van der Waals surface area contributed by atoms with E-state index in [2.05, 4.69) is 5.32 Å². The maximum absolute atomic E-state index is 13.5. The number of carbonyl (C=O) groups is 2. The van der Waals surface area contributed by atoms with Crippen molar-refractivity contribution in [2.24, 2.45) is 5.92 Å². The molecule has 0 bridgehead atoms. The summed E-state index contributed by atoms with van der Waals surface area (Å²) in [5.41, 5.74) is 2.50. The van der Waals surface area contributed by atoms with Gasteiger partial charge >= 0.3 is 6.09 Å². The Morgan fingerprint density at radius 3 is 2.27 bits per heavy atom. The lowest BCUT2D eigenvalue weighted by molar-refractivity contribution is -0.117. The highest BCUT2D eigenvalue weighted by molar-refractivity contribution is 6.03. The molecule has 9 nitrogen and oxygen atoms in total. The van der Waals surface area contributed by atoms with E-state index in [-0.39, 0.29) is 24.4 Å². The van der Waals surface area contributed by atoms with Crippen molar-refractivity contribution in [3.63, 3.8) is 0 Å². The van der Waals surface area contributed by atoms with Crippen LogP contribution < -0.4 is 19.5 Å². The normalized spacial score (nSPS) is 17.4. The Hall–Kier alpha value is -3.72. The number of methoxy groups -OCH3 is 3. The van der Waals surface area contributed by atoms with Crippen LogP contribution in [-0.2, 0) is 20.9 Å². The van der Waals surface area contributed by atoms with Crippen molar-refractivity contribution < 1.29 is 33.3 Å². The minimum absolute atomic E-state index is 0.150. The SMILES string of the molecule is COCC1CN(C(=O)OC(C)(C)C)CC(C(=O)NC2CC2)=C1c1cccc(OCc2cc(OC)cc(OC)c2)c1. The molecular formula is C31H40N2O7. The molecule has 1 heterocycles. The zero-order chi connectivity index (χ0) is 28.9. The summed E-state index contributed by atoms with van der Waals surface area (Å²) < 4.78 is 28.1. The molecule has 0 saturated heterocycles. The van der Waals surface area contributed by atoms with Crippen molar-refractivity contribution in [1.82, 2.24) is 10.2 Å². The molecular weight excluding hydrogens is 512 g/mol. The lowest BCUT2D eigenvalue weighted by atomic mass is 9.84. The first-order valence-corrected chi connectivity index (χ1v) is 13.6. The van der Waals surface area contributed by atoms with Crippen molar-refractivity contribution in [3.05, 3.63) is 59.2 Å². The van der Waals surface area contributed by atoms with Crippen molar-refractivity contribution in [2.75, 3.05) is 41.0 Å². The Kier molecular flexibility index (Phi) is 9.25. The zero-order valence-electron chi connectivity index (χ0n) is 24.2. The summed E-state index contributed by atoms with van der Waals surface area (Å²) in [5.74, 6) is 1.62. The second-order valence-electron chi connectivity index (χ2n) is 11.2. The number of nitrogens with one attached hydrogen (secondary N) is 1. The first kappa shape index (κ1) is 29.3. The Balaban J connectivity index is 1.65. The summed E-state index contributed by atoms with van der Waals surface area (Å²) in [6, 6.07) is 13.5. The predicted octanol–water partition coefficient (Wildman–Crippen LogP) is 4.83. The monoisotopic (exact) mass is 552 g/mol. The molecule has 2 aromatic carbocycles. The minimum atomic E-state index is -0.646. The molecule has 0 aromatic heterocycles. The number of rotatable bonds is 10. The van der Waals surface area contributed by atoms with E-state index < -0.39 is 11.7 Å². The molecule has 2 aliphatic rings. The number of benzene rings is 2. The lowest BCUT2D eigenvalue weighted by Gasteiger charge is -2.37. The fourth-order valence-electron chi connectivity index (χ4n) is 4.72. The average molecular weight is 553 g/mol. The predicted molar refractivity (Wildman–Crippen MR) is 152 cm³/mol. The van der Waals surface area contributed by atoms with Gasteiger partial charge in [0.05, 0.1) is 27.4 Å². The van der Waals surface area contributed by atoms with Gasteiger partial charge in [0.25, 0.3) is 0 Å².